The van der Waals surface area contributed by atoms with Crippen LogP contribution in [0.2, 0.25) is 24.7 Å². The Labute approximate surface area is 79.4 Å². The van der Waals surface area contributed by atoms with E-state index in [4.69, 9.17) is 16.0 Å². The van der Waals surface area contributed by atoms with Crippen LogP contribution in [0.25, 0.3) is 0 Å². The summed E-state index contributed by atoms with van der Waals surface area (Å²) in [7, 11) is -1.46. The molecule has 0 heterocycles. The average molecular weight is 201 g/mol. The minimum Gasteiger partial charge on any atom is -0.544 e. The number of hydrogen-bond acceptors (Lipinski definition) is 1. The van der Waals surface area contributed by atoms with Gasteiger partial charge in [-0.15, -0.1) is 0 Å². The van der Waals surface area contributed by atoms with Crippen LogP contribution in [0.4, 0.5) is 0 Å². The van der Waals surface area contributed by atoms with Crippen LogP contribution in [0.5, 0.6) is 5.75 Å². The first-order valence-electron chi connectivity index (χ1n) is 3.92. The van der Waals surface area contributed by atoms with E-state index in [0.717, 1.165) is 10.8 Å². The van der Waals surface area contributed by atoms with Crippen LogP contribution in [-0.2, 0) is 0 Å². The molecule has 1 nitrogen and oxygen atoms in total. The predicted molar refractivity (Wildman–Crippen MR) is 55.4 cm³/mol. The normalized spacial score (nSPS) is 11.3. The molecule has 12 heavy (non-hydrogen) atoms. The molecule has 0 saturated heterocycles. The highest BCUT2D eigenvalue weighted by atomic mass is 35.5. The second-order valence-corrected chi connectivity index (χ2v) is 8.53. The van der Waals surface area contributed by atoms with Gasteiger partial charge in [-0.25, -0.2) is 0 Å². The van der Waals surface area contributed by atoms with Gasteiger partial charge in [-0.3, -0.25) is 0 Å². The summed E-state index contributed by atoms with van der Waals surface area (Å²) in [5.41, 5.74) is 0. The topological polar surface area (TPSA) is 9.23 Å². The van der Waals surface area contributed by atoms with Gasteiger partial charge in [0.15, 0.2) is 0 Å². The fourth-order valence-electron chi connectivity index (χ4n) is 0.856. The molecule has 3 heteroatoms. The summed E-state index contributed by atoms with van der Waals surface area (Å²) in [6, 6.07) is 7.50. The fourth-order valence-corrected chi connectivity index (χ4v) is 1.83. The molecule has 0 unspecified atom stereocenters. The summed E-state index contributed by atoms with van der Waals surface area (Å²) in [5.74, 6) is 0.915. The smallest absolute Gasteiger partial charge is 0.242 e. The second kappa shape index (κ2) is 3.50. The molecule has 0 fully saturated rings. The summed E-state index contributed by atoms with van der Waals surface area (Å²) in [4.78, 5) is 0. The Balaban J connectivity index is 2.71. The molecule has 0 amide bonds. The largest absolute Gasteiger partial charge is 0.544 e. The SMILES string of the molecule is C[Si](C)(C)Oc1ccc(Cl)cc1. The lowest BCUT2D eigenvalue weighted by Crippen LogP contribution is -2.29. The Kier molecular flexibility index (Phi) is 2.80. The van der Waals surface area contributed by atoms with E-state index < -0.39 is 8.32 Å². The number of halogens is 1. The lowest BCUT2D eigenvalue weighted by atomic mass is 10.3. The van der Waals surface area contributed by atoms with E-state index in [1.807, 2.05) is 24.3 Å². The van der Waals surface area contributed by atoms with Gasteiger partial charge in [0.25, 0.3) is 0 Å². The molecule has 0 aliphatic carbocycles. The molecule has 0 aliphatic rings. The summed E-state index contributed by atoms with van der Waals surface area (Å²) in [6.07, 6.45) is 0. The molecule has 0 aromatic heterocycles. The minimum absolute atomic E-state index is 0.748. The molecule has 0 bridgehead atoms. The van der Waals surface area contributed by atoms with Crippen LogP contribution in [0.3, 0.4) is 0 Å². The standard InChI is InChI=1S/C9H13ClOSi/c1-12(2,3)11-9-6-4-8(10)5-7-9/h4-7H,1-3H3. The maximum absolute atomic E-state index is 5.74. The molecule has 0 radical (unpaired) electrons. The van der Waals surface area contributed by atoms with Gasteiger partial charge < -0.3 is 4.43 Å². The van der Waals surface area contributed by atoms with E-state index >= 15 is 0 Å². The molecule has 1 aromatic rings. The highest BCUT2D eigenvalue weighted by molar-refractivity contribution is 6.70. The predicted octanol–water partition coefficient (Wildman–Crippen LogP) is 3.55. The highest BCUT2D eigenvalue weighted by Crippen LogP contribution is 2.18. The van der Waals surface area contributed by atoms with Crippen molar-refractivity contribution in [2.45, 2.75) is 19.6 Å². The van der Waals surface area contributed by atoms with Crippen LogP contribution in [0.15, 0.2) is 24.3 Å². The molecule has 66 valence electrons. The Morgan fingerprint density at radius 2 is 1.58 bits per heavy atom. The van der Waals surface area contributed by atoms with Crippen molar-refractivity contribution in [3.05, 3.63) is 29.3 Å². The number of hydrogen-bond donors (Lipinski definition) is 0. The maximum atomic E-state index is 5.74. The third-order valence-corrected chi connectivity index (χ3v) is 2.34. The van der Waals surface area contributed by atoms with E-state index in [9.17, 15) is 0 Å². The molecule has 0 atom stereocenters. The zero-order valence-corrected chi connectivity index (χ0v) is 9.35. The first-order valence-corrected chi connectivity index (χ1v) is 7.70. The van der Waals surface area contributed by atoms with E-state index in [0.29, 0.717) is 0 Å². The van der Waals surface area contributed by atoms with Gasteiger partial charge in [-0.2, -0.15) is 0 Å². The van der Waals surface area contributed by atoms with Gasteiger partial charge in [-0.05, 0) is 43.9 Å². The zero-order chi connectivity index (χ0) is 9.19. The van der Waals surface area contributed by atoms with Crippen molar-refractivity contribution in [1.82, 2.24) is 0 Å². The molecule has 1 rings (SSSR count). The first-order chi connectivity index (χ1) is 5.47. The quantitative estimate of drug-likeness (QED) is 0.664. The zero-order valence-electron chi connectivity index (χ0n) is 7.60. The van der Waals surface area contributed by atoms with Gasteiger partial charge >= 0.3 is 0 Å². The Hall–Kier alpha value is -0.473. The minimum atomic E-state index is -1.46. The van der Waals surface area contributed by atoms with Crippen LogP contribution < -0.4 is 4.43 Å². The first kappa shape index (κ1) is 9.61. The third-order valence-electron chi connectivity index (χ3n) is 1.24. The van der Waals surface area contributed by atoms with Crippen molar-refractivity contribution in [2.24, 2.45) is 0 Å². The third kappa shape index (κ3) is 3.28. The van der Waals surface area contributed by atoms with E-state index in [-0.39, 0.29) is 0 Å². The van der Waals surface area contributed by atoms with Gasteiger partial charge in [0.2, 0.25) is 8.32 Å². The summed E-state index contributed by atoms with van der Waals surface area (Å²) >= 11 is 5.74. The van der Waals surface area contributed by atoms with Crippen LogP contribution in [-0.4, -0.2) is 8.32 Å². The Morgan fingerprint density at radius 3 is 2.00 bits per heavy atom. The Bertz CT molecular complexity index is 250. The number of rotatable bonds is 2. The van der Waals surface area contributed by atoms with Gasteiger partial charge in [-0.1, -0.05) is 11.6 Å². The highest BCUT2D eigenvalue weighted by Gasteiger charge is 2.15. The summed E-state index contributed by atoms with van der Waals surface area (Å²) in [5, 5.41) is 0.748. The maximum Gasteiger partial charge on any atom is 0.242 e. The Morgan fingerprint density at radius 1 is 1.08 bits per heavy atom. The molecule has 0 spiro atoms. The average Bonchev–Trinajstić information content (AvgIpc) is 1.91. The number of benzene rings is 1. The van der Waals surface area contributed by atoms with E-state index in [1.165, 1.54) is 0 Å². The van der Waals surface area contributed by atoms with E-state index in [1.54, 1.807) is 0 Å². The van der Waals surface area contributed by atoms with Crippen molar-refractivity contribution in [3.8, 4) is 5.75 Å². The van der Waals surface area contributed by atoms with Gasteiger partial charge in [0.05, 0.1) is 0 Å². The van der Waals surface area contributed by atoms with Gasteiger partial charge in [0, 0.05) is 5.02 Å². The van der Waals surface area contributed by atoms with Crippen molar-refractivity contribution in [2.75, 3.05) is 0 Å². The molecular weight excluding hydrogens is 188 g/mol. The van der Waals surface area contributed by atoms with Crippen LogP contribution in [0.1, 0.15) is 0 Å². The molecule has 1 aromatic carbocycles. The second-order valence-electron chi connectivity index (χ2n) is 3.67. The van der Waals surface area contributed by atoms with Crippen molar-refractivity contribution >= 4 is 19.9 Å². The molecule has 0 aliphatic heterocycles. The van der Waals surface area contributed by atoms with Crippen molar-refractivity contribution in [1.29, 1.82) is 0 Å². The van der Waals surface area contributed by atoms with E-state index in [2.05, 4.69) is 19.6 Å². The van der Waals surface area contributed by atoms with Crippen molar-refractivity contribution < 1.29 is 4.43 Å². The van der Waals surface area contributed by atoms with Gasteiger partial charge in [0.1, 0.15) is 5.75 Å². The summed E-state index contributed by atoms with van der Waals surface area (Å²) in [6.45, 7) is 6.46. The van der Waals surface area contributed by atoms with Crippen LogP contribution >= 0.6 is 11.6 Å². The molecular formula is C9H13ClOSi. The summed E-state index contributed by atoms with van der Waals surface area (Å²) < 4.78 is 5.74. The lowest BCUT2D eigenvalue weighted by Gasteiger charge is -2.18. The molecule has 0 saturated carbocycles. The fraction of sp³-hybridized carbons (Fsp3) is 0.333. The lowest BCUT2D eigenvalue weighted by molar-refractivity contribution is 0.558. The monoisotopic (exact) mass is 200 g/mol. The van der Waals surface area contributed by atoms with Crippen LogP contribution in [0, 0.1) is 0 Å². The van der Waals surface area contributed by atoms with Crippen molar-refractivity contribution in [3.63, 3.8) is 0 Å². The molecule has 0 N–H and O–H groups in total.